The Labute approximate surface area is 139 Å². The fourth-order valence-electron chi connectivity index (χ4n) is 2.70. The highest BCUT2D eigenvalue weighted by Crippen LogP contribution is 2.26. The molecule has 3 rings (SSSR count). The van der Waals surface area contributed by atoms with Gasteiger partial charge < -0.3 is 9.42 Å². The van der Waals surface area contributed by atoms with Crippen LogP contribution in [-0.4, -0.2) is 44.0 Å². The van der Waals surface area contributed by atoms with Gasteiger partial charge in [-0.15, -0.1) is 0 Å². The van der Waals surface area contributed by atoms with Crippen LogP contribution in [0.2, 0.25) is 5.02 Å². The number of carbonyl (C=O) groups excluding carboxylic acids is 1. The summed E-state index contributed by atoms with van der Waals surface area (Å²) in [7, 11) is 0. The van der Waals surface area contributed by atoms with Crippen molar-refractivity contribution in [2.75, 3.05) is 13.1 Å². The fraction of sp³-hybridized carbons (Fsp3) is 0.533. The number of likely N-dealkylation sites (tertiary alicyclic amines) is 1. The van der Waals surface area contributed by atoms with E-state index in [0.29, 0.717) is 37.0 Å². The molecule has 0 spiro atoms. The zero-order chi connectivity index (χ0) is 16.4. The number of halogens is 1. The number of aromatic nitrogens is 4. The maximum atomic E-state index is 12.7. The molecule has 3 heterocycles. The summed E-state index contributed by atoms with van der Waals surface area (Å²) < 4.78 is 5.18. The average Bonchev–Trinajstić information content (AvgIpc) is 3.06. The van der Waals surface area contributed by atoms with Crippen LogP contribution in [0.1, 0.15) is 53.7 Å². The molecule has 1 aliphatic rings. The van der Waals surface area contributed by atoms with E-state index in [9.17, 15) is 4.79 Å². The standard InChI is InChI=1S/C15H18ClN5O2/c1-3-12-19-14(20-23-12)10-5-4-6-21(8-10)15(22)13-11(16)7-17-9(2)18-13/h7,10H,3-6,8H2,1-2H3. The zero-order valence-electron chi connectivity index (χ0n) is 13.1. The minimum atomic E-state index is -0.176. The number of piperidine rings is 1. The molecule has 0 aromatic carbocycles. The maximum absolute atomic E-state index is 12.7. The molecule has 23 heavy (non-hydrogen) atoms. The third-order valence-electron chi connectivity index (χ3n) is 3.93. The minimum Gasteiger partial charge on any atom is -0.339 e. The highest BCUT2D eigenvalue weighted by molar-refractivity contribution is 6.33. The van der Waals surface area contributed by atoms with Gasteiger partial charge in [-0.05, 0) is 19.8 Å². The van der Waals surface area contributed by atoms with Crippen LogP contribution in [0, 0.1) is 6.92 Å². The van der Waals surface area contributed by atoms with Crippen molar-refractivity contribution in [2.24, 2.45) is 0 Å². The van der Waals surface area contributed by atoms with E-state index >= 15 is 0 Å². The summed E-state index contributed by atoms with van der Waals surface area (Å²) in [5.41, 5.74) is 0.252. The Bertz CT molecular complexity index is 718. The molecule has 1 atom stereocenters. The predicted octanol–water partition coefficient (Wildman–Crippen LogP) is 2.40. The van der Waals surface area contributed by atoms with Gasteiger partial charge in [0.1, 0.15) is 5.82 Å². The van der Waals surface area contributed by atoms with Crippen molar-refractivity contribution in [1.29, 1.82) is 0 Å². The topological polar surface area (TPSA) is 85.0 Å². The summed E-state index contributed by atoms with van der Waals surface area (Å²) in [6, 6.07) is 0. The molecule has 2 aromatic heterocycles. The third kappa shape index (κ3) is 3.34. The number of amides is 1. The van der Waals surface area contributed by atoms with E-state index in [1.165, 1.54) is 6.20 Å². The van der Waals surface area contributed by atoms with Crippen molar-refractivity contribution in [1.82, 2.24) is 25.0 Å². The Hall–Kier alpha value is -2.02. The lowest BCUT2D eigenvalue weighted by Crippen LogP contribution is -2.40. The van der Waals surface area contributed by atoms with Gasteiger partial charge in [-0.2, -0.15) is 4.98 Å². The Kier molecular flexibility index (Phi) is 4.56. The summed E-state index contributed by atoms with van der Waals surface area (Å²) in [5, 5.41) is 4.31. The van der Waals surface area contributed by atoms with Crippen molar-refractivity contribution in [3.05, 3.63) is 34.5 Å². The van der Waals surface area contributed by atoms with Crippen LogP contribution in [0.3, 0.4) is 0 Å². The van der Waals surface area contributed by atoms with Crippen molar-refractivity contribution in [3.63, 3.8) is 0 Å². The minimum absolute atomic E-state index is 0.0819. The van der Waals surface area contributed by atoms with Gasteiger partial charge in [-0.25, -0.2) is 9.97 Å². The fourth-order valence-corrected chi connectivity index (χ4v) is 2.88. The van der Waals surface area contributed by atoms with Gasteiger partial charge in [0.15, 0.2) is 11.5 Å². The Balaban J connectivity index is 1.77. The van der Waals surface area contributed by atoms with E-state index in [2.05, 4.69) is 20.1 Å². The molecular weight excluding hydrogens is 318 g/mol. The van der Waals surface area contributed by atoms with E-state index in [1.54, 1.807) is 11.8 Å². The lowest BCUT2D eigenvalue weighted by atomic mass is 9.97. The van der Waals surface area contributed by atoms with E-state index in [1.807, 2.05) is 6.92 Å². The van der Waals surface area contributed by atoms with E-state index in [4.69, 9.17) is 16.1 Å². The smallest absolute Gasteiger partial charge is 0.274 e. The van der Waals surface area contributed by atoms with Gasteiger partial charge in [0, 0.05) is 25.4 Å². The monoisotopic (exact) mass is 335 g/mol. The number of carbonyl (C=O) groups is 1. The first-order valence-electron chi connectivity index (χ1n) is 7.69. The second-order valence-corrected chi connectivity index (χ2v) is 6.01. The first-order chi connectivity index (χ1) is 11.1. The molecule has 8 heteroatoms. The zero-order valence-corrected chi connectivity index (χ0v) is 13.9. The van der Waals surface area contributed by atoms with E-state index in [0.717, 1.165) is 12.8 Å². The van der Waals surface area contributed by atoms with Crippen LogP contribution < -0.4 is 0 Å². The lowest BCUT2D eigenvalue weighted by molar-refractivity contribution is 0.0697. The van der Waals surface area contributed by atoms with Crippen LogP contribution in [-0.2, 0) is 6.42 Å². The normalized spacial score (nSPS) is 18.2. The molecule has 1 amide bonds. The number of hydrogen-bond acceptors (Lipinski definition) is 6. The van der Waals surface area contributed by atoms with Gasteiger partial charge >= 0.3 is 0 Å². The number of hydrogen-bond donors (Lipinski definition) is 0. The van der Waals surface area contributed by atoms with E-state index in [-0.39, 0.29) is 22.5 Å². The van der Waals surface area contributed by atoms with Crippen molar-refractivity contribution in [2.45, 2.75) is 39.0 Å². The summed E-state index contributed by atoms with van der Waals surface area (Å²) in [5.74, 6) is 1.72. The average molecular weight is 336 g/mol. The third-order valence-corrected chi connectivity index (χ3v) is 4.20. The maximum Gasteiger partial charge on any atom is 0.274 e. The second kappa shape index (κ2) is 6.62. The second-order valence-electron chi connectivity index (χ2n) is 5.60. The molecule has 0 aliphatic carbocycles. The van der Waals surface area contributed by atoms with Gasteiger partial charge in [-0.1, -0.05) is 23.7 Å². The highest BCUT2D eigenvalue weighted by atomic mass is 35.5. The molecule has 2 aromatic rings. The Morgan fingerprint density at radius 2 is 2.30 bits per heavy atom. The van der Waals surface area contributed by atoms with E-state index < -0.39 is 0 Å². The van der Waals surface area contributed by atoms with Gasteiger partial charge in [0.05, 0.1) is 11.2 Å². The van der Waals surface area contributed by atoms with Crippen LogP contribution in [0.4, 0.5) is 0 Å². The molecule has 0 N–H and O–H groups in total. The van der Waals surface area contributed by atoms with Gasteiger partial charge in [0.2, 0.25) is 5.89 Å². The Morgan fingerprint density at radius 3 is 3.04 bits per heavy atom. The number of aryl methyl sites for hydroxylation is 2. The SMILES string of the molecule is CCc1nc(C2CCCN(C(=O)c3nc(C)ncc3Cl)C2)no1. The molecule has 7 nitrogen and oxygen atoms in total. The molecule has 122 valence electrons. The largest absolute Gasteiger partial charge is 0.339 e. The van der Waals surface area contributed by atoms with Crippen molar-refractivity contribution in [3.8, 4) is 0 Å². The quantitative estimate of drug-likeness (QED) is 0.856. The summed E-state index contributed by atoms with van der Waals surface area (Å²) in [4.78, 5) is 27.0. The Morgan fingerprint density at radius 1 is 1.48 bits per heavy atom. The molecule has 0 saturated carbocycles. The predicted molar refractivity (Wildman–Crippen MR) is 83.3 cm³/mol. The van der Waals surface area contributed by atoms with Crippen LogP contribution in [0.5, 0.6) is 0 Å². The summed E-state index contributed by atoms with van der Waals surface area (Å²) >= 11 is 6.07. The van der Waals surface area contributed by atoms with Crippen molar-refractivity contribution >= 4 is 17.5 Å². The number of rotatable bonds is 3. The summed E-state index contributed by atoms with van der Waals surface area (Å²) in [6.07, 6.45) is 3.99. The molecular formula is C15H18ClN5O2. The lowest BCUT2D eigenvalue weighted by Gasteiger charge is -2.31. The van der Waals surface area contributed by atoms with Gasteiger partial charge in [-0.3, -0.25) is 4.79 Å². The first-order valence-corrected chi connectivity index (χ1v) is 8.07. The molecule has 1 unspecified atom stereocenters. The molecule has 1 saturated heterocycles. The number of nitrogens with zero attached hydrogens (tertiary/aromatic N) is 5. The summed E-state index contributed by atoms with van der Waals surface area (Å²) in [6.45, 7) is 4.92. The van der Waals surface area contributed by atoms with Gasteiger partial charge in [0.25, 0.3) is 5.91 Å². The molecule has 0 radical (unpaired) electrons. The first kappa shape index (κ1) is 15.9. The molecule has 1 aliphatic heterocycles. The molecule has 0 bridgehead atoms. The van der Waals surface area contributed by atoms with Crippen LogP contribution in [0.25, 0.3) is 0 Å². The van der Waals surface area contributed by atoms with Crippen molar-refractivity contribution < 1.29 is 9.32 Å². The van der Waals surface area contributed by atoms with Crippen LogP contribution in [0.15, 0.2) is 10.7 Å². The molecule has 1 fully saturated rings. The highest BCUT2D eigenvalue weighted by Gasteiger charge is 2.30. The van der Waals surface area contributed by atoms with Crippen LogP contribution >= 0.6 is 11.6 Å².